The average molecular weight is 382 g/mol. The van der Waals surface area contributed by atoms with Crippen LogP contribution < -0.4 is 20.1 Å². The first-order chi connectivity index (χ1) is 13.6. The molecule has 0 aliphatic carbocycles. The van der Waals surface area contributed by atoms with Crippen LogP contribution in [0.5, 0.6) is 11.5 Å². The predicted octanol–water partition coefficient (Wildman–Crippen LogP) is 3.50. The van der Waals surface area contributed by atoms with E-state index in [2.05, 4.69) is 20.6 Å². The Bertz CT molecular complexity index is 964. The molecular weight excluding hydrogens is 363 g/mol. The van der Waals surface area contributed by atoms with Gasteiger partial charge in [0, 0.05) is 12.2 Å². The number of halogens is 1. The minimum Gasteiger partial charge on any atom is -0.493 e. The van der Waals surface area contributed by atoms with Crippen molar-refractivity contribution in [1.82, 2.24) is 9.97 Å². The van der Waals surface area contributed by atoms with E-state index in [-0.39, 0.29) is 5.69 Å². The smallest absolute Gasteiger partial charge is 0.275 e. The normalized spacial score (nSPS) is 10.2. The van der Waals surface area contributed by atoms with Crippen molar-refractivity contribution >= 4 is 17.4 Å². The van der Waals surface area contributed by atoms with Gasteiger partial charge in [-0.1, -0.05) is 12.1 Å². The van der Waals surface area contributed by atoms with Crippen molar-refractivity contribution in [2.75, 3.05) is 24.9 Å². The Morgan fingerprint density at radius 3 is 2.54 bits per heavy atom. The molecule has 28 heavy (non-hydrogen) atoms. The van der Waals surface area contributed by atoms with Crippen molar-refractivity contribution in [2.45, 2.75) is 6.54 Å². The summed E-state index contributed by atoms with van der Waals surface area (Å²) in [6, 6.07) is 11.2. The third kappa shape index (κ3) is 4.73. The Balaban J connectivity index is 1.60. The zero-order valence-electron chi connectivity index (χ0n) is 15.4. The largest absolute Gasteiger partial charge is 0.493 e. The first kappa shape index (κ1) is 19.1. The second kappa shape index (κ2) is 8.81. The quantitative estimate of drug-likeness (QED) is 0.651. The minimum absolute atomic E-state index is 0.126. The van der Waals surface area contributed by atoms with E-state index in [4.69, 9.17) is 9.47 Å². The highest BCUT2D eigenvalue weighted by atomic mass is 19.1. The summed E-state index contributed by atoms with van der Waals surface area (Å²) in [6.07, 6.45) is 2.81. The lowest BCUT2D eigenvalue weighted by atomic mass is 10.2. The Hall–Kier alpha value is -3.68. The van der Waals surface area contributed by atoms with Gasteiger partial charge < -0.3 is 20.1 Å². The zero-order valence-corrected chi connectivity index (χ0v) is 15.4. The van der Waals surface area contributed by atoms with Crippen LogP contribution in [-0.4, -0.2) is 30.1 Å². The van der Waals surface area contributed by atoms with Crippen LogP contribution in [0.3, 0.4) is 0 Å². The molecule has 0 saturated carbocycles. The number of nitrogens with zero attached hydrogens (tertiary/aromatic N) is 2. The van der Waals surface area contributed by atoms with Crippen LogP contribution in [0.4, 0.5) is 15.9 Å². The summed E-state index contributed by atoms with van der Waals surface area (Å²) >= 11 is 0. The molecule has 0 bridgehead atoms. The summed E-state index contributed by atoms with van der Waals surface area (Å²) in [4.78, 5) is 20.4. The third-order valence-corrected chi connectivity index (χ3v) is 3.89. The van der Waals surface area contributed by atoms with E-state index < -0.39 is 11.7 Å². The first-order valence-electron chi connectivity index (χ1n) is 8.43. The first-order valence-corrected chi connectivity index (χ1v) is 8.43. The Morgan fingerprint density at radius 2 is 1.86 bits per heavy atom. The lowest BCUT2D eigenvalue weighted by molar-refractivity contribution is 0.102. The molecule has 0 aliphatic heterocycles. The molecule has 2 N–H and O–H groups in total. The van der Waals surface area contributed by atoms with Gasteiger partial charge in [0.15, 0.2) is 11.5 Å². The number of nitrogens with one attached hydrogen (secondary N) is 2. The number of hydrogen-bond acceptors (Lipinski definition) is 6. The van der Waals surface area contributed by atoms with Gasteiger partial charge in [-0.25, -0.2) is 14.4 Å². The monoisotopic (exact) mass is 382 g/mol. The lowest BCUT2D eigenvalue weighted by Crippen LogP contribution is -2.14. The highest BCUT2D eigenvalue weighted by Gasteiger charge is 2.09. The Morgan fingerprint density at radius 1 is 1.04 bits per heavy atom. The molecule has 0 unspecified atom stereocenters. The van der Waals surface area contributed by atoms with Crippen LogP contribution in [0.15, 0.2) is 54.9 Å². The van der Waals surface area contributed by atoms with Crippen molar-refractivity contribution in [3.8, 4) is 11.5 Å². The summed E-state index contributed by atoms with van der Waals surface area (Å²) in [7, 11) is 3.16. The summed E-state index contributed by atoms with van der Waals surface area (Å²) in [5, 5.41) is 5.69. The highest BCUT2D eigenvalue weighted by molar-refractivity contribution is 6.02. The van der Waals surface area contributed by atoms with Gasteiger partial charge in [0.05, 0.1) is 26.6 Å². The fourth-order valence-corrected chi connectivity index (χ4v) is 2.48. The number of carbonyl (C=O) groups excluding carboxylic acids is 1. The maximum atomic E-state index is 13.2. The zero-order chi connectivity index (χ0) is 19.9. The van der Waals surface area contributed by atoms with E-state index in [1.807, 2.05) is 18.2 Å². The molecule has 0 atom stereocenters. The maximum absolute atomic E-state index is 13.2. The molecule has 3 aromatic rings. The van der Waals surface area contributed by atoms with Crippen LogP contribution in [-0.2, 0) is 6.54 Å². The summed E-state index contributed by atoms with van der Waals surface area (Å²) < 4.78 is 23.7. The molecule has 2 aromatic carbocycles. The van der Waals surface area contributed by atoms with Crippen molar-refractivity contribution < 1.29 is 18.7 Å². The molecule has 3 rings (SSSR count). The molecule has 1 aromatic heterocycles. The topological polar surface area (TPSA) is 85.4 Å². The molecule has 0 fully saturated rings. The summed E-state index contributed by atoms with van der Waals surface area (Å²) in [5.74, 6) is 0.900. The van der Waals surface area contributed by atoms with Crippen LogP contribution in [0.2, 0.25) is 0 Å². The van der Waals surface area contributed by atoms with Crippen LogP contribution in [0, 0.1) is 5.82 Å². The second-order valence-electron chi connectivity index (χ2n) is 5.79. The molecule has 8 heteroatoms. The number of anilines is 2. The van der Waals surface area contributed by atoms with Crippen molar-refractivity contribution in [2.24, 2.45) is 0 Å². The Labute approximate surface area is 161 Å². The van der Waals surface area contributed by atoms with Gasteiger partial charge in [0.25, 0.3) is 5.91 Å². The molecule has 0 saturated heterocycles. The maximum Gasteiger partial charge on any atom is 0.275 e. The SMILES string of the molecule is COc1ccc(CNc2cnc(C(=O)Nc3cccc(F)c3)cn2)cc1OC. The van der Waals surface area contributed by atoms with Gasteiger partial charge in [0.1, 0.15) is 17.3 Å². The number of methoxy groups -OCH3 is 2. The molecule has 7 nitrogen and oxygen atoms in total. The molecule has 144 valence electrons. The van der Waals surface area contributed by atoms with Crippen LogP contribution >= 0.6 is 0 Å². The van der Waals surface area contributed by atoms with Crippen molar-refractivity contribution in [3.63, 3.8) is 0 Å². The third-order valence-electron chi connectivity index (χ3n) is 3.89. The van der Waals surface area contributed by atoms with Crippen LogP contribution in [0.1, 0.15) is 16.1 Å². The van der Waals surface area contributed by atoms with Gasteiger partial charge in [-0.3, -0.25) is 4.79 Å². The van der Waals surface area contributed by atoms with Gasteiger partial charge in [-0.15, -0.1) is 0 Å². The van der Waals surface area contributed by atoms with Crippen LogP contribution in [0.25, 0.3) is 0 Å². The van der Waals surface area contributed by atoms with E-state index in [1.165, 1.54) is 30.6 Å². The van der Waals surface area contributed by atoms with Crippen molar-refractivity contribution in [1.29, 1.82) is 0 Å². The molecule has 1 heterocycles. The predicted molar refractivity (Wildman–Crippen MR) is 103 cm³/mol. The summed E-state index contributed by atoms with van der Waals surface area (Å²) in [5.41, 5.74) is 1.44. The number of carbonyl (C=O) groups is 1. The van der Waals surface area contributed by atoms with E-state index in [9.17, 15) is 9.18 Å². The Kier molecular flexibility index (Phi) is 6.01. The van der Waals surface area contributed by atoms with Gasteiger partial charge in [-0.05, 0) is 35.9 Å². The molecule has 0 aliphatic rings. The van der Waals surface area contributed by atoms with E-state index in [1.54, 1.807) is 20.3 Å². The number of amides is 1. The van der Waals surface area contributed by atoms with E-state index >= 15 is 0 Å². The average Bonchev–Trinajstić information content (AvgIpc) is 2.72. The van der Waals surface area contributed by atoms with Gasteiger partial charge in [-0.2, -0.15) is 0 Å². The molecular formula is C20H19FN4O3. The highest BCUT2D eigenvalue weighted by Crippen LogP contribution is 2.27. The minimum atomic E-state index is -0.468. The fraction of sp³-hybridized carbons (Fsp3) is 0.150. The fourth-order valence-electron chi connectivity index (χ4n) is 2.48. The number of hydrogen-bond donors (Lipinski definition) is 2. The number of aromatic nitrogens is 2. The van der Waals surface area contributed by atoms with Crippen molar-refractivity contribution in [3.05, 3.63) is 71.9 Å². The van der Waals surface area contributed by atoms with E-state index in [0.717, 1.165) is 5.56 Å². The standard InChI is InChI=1S/C20H19FN4O3/c1-27-17-7-6-13(8-18(17)28-2)10-23-19-12-22-16(11-24-19)20(26)25-15-5-3-4-14(21)9-15/h3-9,11-12H,10H2,1-2H3,(H,23,24)(H,25,26). The number of ether oxygens (including phenoxy) is 2. The molecule has 0 spiro atoms. The van der Waals surface area contributed by atoms with Gasteiger partial charge >= 0.3 is 0 Å². The van der Waals surface area contributed by atoms with E-state index in [0.29, 0.717) is 29.5 Å². The number of rotatable bonds is 7. The lowest BCUT2D eigenvalue weighted by Gasteiger charge is -2.10. The molecule has 1 amide bonds. The summed E-state index contributed by atoms with van der Waals surface area (Å²) in [6.45, 7) is 0.490. The number of benzene rings is 2. The van der Waals surface area contributed by atoms with Gasteiger partial charge in [0.2, 0.25) is 0 Å². The molecule has 0 radical (unpaired) electrons. The second-order valence-corrected chi connectivity index (χ2v) is 5.79.